The molecule has 0 unspecified atom stereocenters. The predicted molar refractivity (Wildman–Crippen MR) is 86.4 cm³/mol. The molecule has 112 valence electrons. The Morgan fingerprint density at radius 2 is 1.80 bits per heavy atom. The van der Waals surface area contributed by atoms with Crippen LogP contribution in [0.25, 0.3) is 0 Å². The molecule has 3 heteroatoms. The molecule has 0 aliphatic carbocycles. The van der Waals surface area contributed by atoms with Gasteiger partial charge in [-0.1, -0.05) is 45.1 Å². The third-order valence-electron chi connectivity index (χ3n) is 3.50. The summed E-state index contributed by atoms with van der Waals surface area (Å²) in [5.74, 6) is 0.0166. The number of aryl methyl sites for hydroxylation is 1. The van der Waals surface area contributed by atoms with Crippen molar-refractivity contribution in [1.29, 1.82) is 0 Å². The average molecular weight is 276 g/mol. The highest BCUT2D eigenvalue weighted by molar-refractivity contribution is 5.99. The Morgan fingerprint density at radius 3 is 2.50 bits per heavy atom. The number of benzene rings is 1. The largest absolute Gasteiger partial charge is 0.387 e. The number of carbonyl (C=O) groups is 1. The van der Waals surface area contributed by atoms with E-state index in [0.29, 0.717) is 0 Å². The summed E-state index contributed by atoms with van der Waals surface area (Å²) in [5, 5.41) is 6.09. The number of hydrogen-bond donors (Lipinski definition) is 2. The zero-order valence-electron chi connectivity index (χ0n) is 13.1. The van der Waals surface area contributed by atoms with Gasteiger partial charge in [0.05, 0.1) is 5.56 Å². The van der Waals surface area contributed by atoms with Gasteiger partial charge in [0.25, 0.3) is 5.91 Å². The summed E-state index contributed by atoms with van der Waals surface area (Å²) in [5.41, 5.74) is 2.77. The first-order valence-corrected chi connectivity index (χ1v) is 7.75. The van der Waals surface area contributed by atoms with Gasteiger partial charge in [-0.05, 0) is 31.0 Å². The Kier molecular flexibility index (Phi) is 7.78. The molecule has 1 rings (SSSR count). The molecule has 0 spiro atoms. The lowest BCUT2D eigenvalue weighted by molar-refractivity contribution is 0.0953. The van der Waals surface area contributed by atoms with Crippen molar-refractivity contribution >= 4 is 11.6 Å². The lowest BCUT2D eigenvalue weighted by Gasteiger charge is -2.10. The zero-order chi connectivity index (χ0) is 14.8. The van der Waals surface area contributed by atoms with E-state index in [1.165, 1.54) is 32.1 Å². The molecular formula is C17H28N2O. The molecule has 0 bridgehead atoms. The van der Waals surface area contributed by atoms with Gasteiger partial charge in [0.15, 0.2) is 0 Å². The summed E-state index contributed by atoms with van der Waals surface area (Å²) < 4.78 is 0. The van der Waals surface area contributed by atoms with Crippen molar-refractivity contribution < 1.29 is 4.79 Å². The summed E-state index contributed by atoms with van der Waals surface area (Å²) >= 11 is 0. The maximum absolute atomic E-state index is 12.1. The molecule has 0 heterocycles. The van der Waals surface area contributed by atoms with Crippen molar-refractivity contribution in [2.24, 2.45) is 0 Å². The summed E-state index contributed by atoms with van der Waals surface area (Å²) in [6.45, 7) is 5.02. The van der Waals surface area contributed by atoms with E-state index in [1.807, 2.05) is 32.2 Å². The molecule has 0 aliphatic heterocycles. The van der Waals surface area contributed by atoms with Gasteiger partial charge >= 0.3 is 0 Å². The smallest absolute Gasteiger partial charge is 0.253 e. The fourth-order valence-electron chi connectivity index (χ4n) is 2.27. The molecule has 0 atom stereocenters. The van der Waals surface area contributed by atoms with Crippen molar-refractivity contribution in [3.63, 3.8) is 0 Å². The maximum Gasteiger partial charge on any atom is 0.253 e. The number of unbranched alkanes of at least 4 members (excludes halogenated alkanes) is 5. The fraction of sp³-hybridized carbons (Fsp3) is 0.588. The summed E-state index contributed by atoms with van der Waals surface area (Å²) in [4.78, 5) is 12.1. The van der Waals surface area contributed by atoms with Gasteiger partial charge in [0, 0.05) is 19.3 Å². The van der Waals surface area contributed by atoms with E-state index in [4.69, 9.17) is 0 Å². The Labute approximate surface area is 123 Å². The third kappa shape index (κ3) is 5.64. The predicted octanol–water partition coefficient (Wildman–Crippen LogP) is 4.13. The minimum absolute atomic E-state index is 0.0166. The second-order valence-corrected chi connectivity index (χ2v) is 5.32. The van der Waals surface area contributed by atoms with Crippen LogP contribution in [0.5, 0.6) is 0 Å². The van der Waals surface area contributed by atoms with E-state index in [1.54, 1.807) is 0 Å². The lowest BCUT2D eigenvalue weighted by atomic mass is 10.1. The molecule has 3 nitrogen and oxygen atoms in total. The van der Waals surface area contributed by atoms with Gasteiger partial charge in [0.2, 0.25) is 0 Å². The van der Waals surface area contributed by atoms with E-state index in [2.05, 4.69) is 17.6 Å². The van der Waals surface area contributed by atoms with Crippen LogP contribution in [0.3, 0.4) is 0 Å². The van der Waals surface area contributed by atoms with Crippen LogP contribution in [-0.4, -0.2) is 19.5 Å². The van der Waals surface area contributed by atoms with Gasteiger partial charge in [-0.25, -0.2) is 0 Å². The van der Waals surface area contributed by atoms with Crippen LogP contribution < -0.4 is 10.6 Å². The fourth-order valence-corrected chi connectivity index (χ4v) is 2.27. The Balaban J connectivity index is 2.32. The first-order chi connectivity index (χ1) is 9.69. The molecule has 0 saturated heterocycles. The molecule has 0 aromatic heterocycles. The van der Waals surface area contributed by atoms with E-state index < -0.39 is 0 Å². The number of rotatable bonds is 9. The van der Waals surface area contributed by atoms with E-state index >= 15 is 0 Å². The SMILES string of the molecule is CCCCCCCCNC(=O)c1ccc(C)cc1NC. The lowest BCUT2D eigenvalue weighted by Crippen LogP contribution is -2.25. The van der Waals surface area contributed by atoms with Crippen LogP contribution in [0.2, 0.25) is 0 Å². The van der Waals surface area contributed by atoms with E-state index in [-0.39, 0.29) is 5.91 Å². The van der Waals surface area contributed by atoms with Gasteiger partial charge < -0.3 is 10.6 Å². The zero-order valence-corrected chi connectivity index (χ0v) is 13.1. The maximum atomic E-state index is 12.1. The van der Waals surface area contributed by atoms with Crippen molar-refractivity contribution in [3.05, 3.63) is 29.3 Å². The Hall–Kier alpha value is -1.51. The van der Waals surface area contributed by atoms with Gasteiger partial charge in [-0.2, -0.15) is 0 Å². The summed E-state index contributed by atoms with van der Waals surface area (Å²) in [6, 6.07) is 5.86. The Morgan fingerprint density at radius 1 is 1.10 bits per heavy atom. The van der Waals surface area contributed by atoms with E-state index in [9.17, 15) is 4.79 Å². The second kappa shape index (κ2) is 9.40. The van der Waals surface area contributed by atoms with Crippen molar-refractivity contribution in [2.75, 3.05) is 18.9 Å². The first kappa shape index (κ1) is 16.5. The van der Waals surface area contributed by atoms with Crippen molar-refractivity contribution in [3.8, 4) is 0 Å². The third-order valence-corrected chi connectivity index (χ3v) is 3.50. The highest BCUT2D eigenvalue weighted by atomic mass is 16.1. The Bertz CT molecular complexity index is 415. The molecule has 0 aliphatic rings. The quantitative estimate of drug-likeness (QED) is 0.666. The molecule has 1 aromatic rings. The van der Waals surface area contributed by atoms with Crippen LogP contribution in [0.1, 0.15) is 61.4 Å². The van der Waals surface area contributed by atoms with Gasteiger partial charge in [-0.3, -0.25) is 4.79 Å². The van der Waals surface area contributed by atoms with E-state index in [0.717, 1.165) is 29.8 Å². The highest BCUT2D eigenvalue weighted by Crippen LogP contribution is 2.16. The van der Waals surface area contributed by atoms with Gasteiger partial charge in [-0.15, -0.1) is 0 Å². The number of amides is 1. The number of hydrogen-bond acceptors (Lipinski definition) is 2. The molecule has 1 amide bonds. The molecule has 1 aromatic carbocycles. The standard InChI is InChI=1S/C17H28N2O/c1-4-5-6-7-8-9-12-19-17(20)15-11-10-14(2)13-16(15)18-3/h10-11,13,18H,4-9,12H2,1-3H3,(H,19,20). The second-order valence-electron chi connectivity index (χ2n) is 5.32. The molecular weight excluding hydrogens is 248 g/mol. The number of anilines is 1. The number of carbonyl (C=O) groups excluding carboxylic acids is 1. The van der Waals surface area contributed by atoms with Gasteiger partial charge in [0.1, 0.15) is 0 Å². The molecule has 2 N–H and O–H groups in total. The topological polar surface area (TPSA) is 41.1 Å². The number of nitrogens with one attached hydrogen (secondary N) is 2. The van der Waals surface area contributed by atoms with Crippen molar-refractivity contribution in [1.82, 2.24) is 5.32 Å². The van der Waals surface area contributed by atoms with Crippen LogP contribution >= 0.6 is 0 Å². The monoisotopic (exact) mass is 276 g/mol. The molecule has 0 fully saturated rings. The summed E-state index contributed by atoms with van der Waals surface area (Å²) in [7, 11) is 1.85. The highest BCUT2D eigenvalue weighted by Gasteiger charge is 2.09. The first-order valence-electron chi connectivity index (χ1n) is 7.75. The molecule has 0 saturated carbocycles. The minimum Gasteiger partial charge on any atom is -0.387 e. The van der Waals surface area contributed by atoms with Crippen LogP contribution in [0.15, 0.2) is 18.2 Å². The van der Waals surface area contributed by atoms with Crippen LogP contribution in [0.4, 0.5) is 5.69 Å². The van der Waals surface area contributed by atoms with Crippen LogP contribution in [-0.2, 0) is 0 Å². The molecule has 20 heavy (non-hydrogen) atoms. The average Bonchev–Trinajstić information content (AvgIpc) is 2.45. The van der Waals surface area contributed by atoms with Crippen LogP contribution in [0, 0.1) is 6.92 Å². The summed E-state index contributed by atoms with van der Waals surface area (Å²) in [6.07, 6.45) is 7.45. The van der Waals surface area contributed by atoms with Crippen molar-refractivity contribution in [2.45, 2.75) is 52.4 Å². The minimum atomic E-state index is 0.0166. The molecule has 0 radical (unpaired) electrons. The normalized spacial score (nSPS) is 10.3.